The zero-order valence-electron chi connectivity index (χ0n) is 12.6. The smallest absolute Gasteiger partial charge is 0.314 e. The molecule has 0 atom stereocenters. The van der Waals surface area contributed by atoms with Gasteiger partial charge in [-0.05, 0) is 24.3 Å². The van der Waals surface area contributed by atoms with E-state index in [1.807, 2.05) is 48.8 Å². The van der Waals surface area contributed by atoms with Crippen LogP contribution < -0.4 is 16.0 Å². The van der Waals surface area contributed by atoms with E-state index in [0.717, 1.165) is 50.7 Å². The zero-order chi connectivity index (χ0) is 14.6. The average Bonchev–Trinajstić information content (AvgIpc) is 2.55. The van der Waals surface area contributed by atoms with Crippen molar-refractivity contribution >= 4 is 0 Å². The van der Waals surface area contributed by atoms with Crippen molar-refractivity contribution in [3.63, 3.8) is 0 Å². The molecule has 2 heterocycles. The Labute approximate surface area is 142 Å². The Hall–Kier alpha value is -1.31. The maximum absolute atomic E-state index is 4.27. The van der Waals surface area contributed by atoms with Crippen molar-refractivity contribution in [2.75, 3.05) is 26.2 Å². The Kier molecular flexibility index (Phi) is 10.4. The molecule has 0 fully saturated rings. The van der Waals surface area contributed by atoms with Crippen LogP contribution in [0.15, 0.2) is 48.8 Å². The summed E-state index contributed by atoms with van der Waals surface area (Å²) in [5.41, 5.74) is 2.16. The van der Waals surface area contributed by atoms with Crippen LogP contribution in [0.25, 0.3) is 0 Å². The van der Waals surface area contributed by atoms with E-state index in [4.69, 9.17) is 0 Å². The molecule has 1 radical (unpaired) electrons. The van der Waals surface area contributed by atoms with Crippen LogP contribution in [0.5, 0.6) is 0 Å². The molecule has 0 aromatic carbocycles. The molecule has 0 aliphatic carbocycles. The summed E-state index contributed by atoms with van der Waals surface area (Å²) < 4.78 is 0. The van der Waals surface area contributed by atoms with Crippen LogP contribution in [0.1, 0.15) is 11.4 Å². The molecular weight excluding hydrogens is 321 g/mol. The largest absolute Gasteiger partial charge is 2.00 e. The van der Waals surface area contributed by atoms with Gasteiger partial charge in [0.15, 0.2) is 0 Å². The fourth-order valence-electron chi connectivity index (χ4n) is 1.92. The molecule has 6 heteroatoms. The van der Waals surface area contributed by atoms with Gasteiger partial charge in [0, 0.05) is 51.7 Å². The first-order chi connectivity index (χ1) is 10.4. The molecular formula is C16H23CoN5+2. The van der Waals surface area contributed by atoms with E-state index in [2.05, 4.69) is 25.9 Å². The molecule has 22 heavy (non-hydrogen) atoms. The van der Waals surface area contributed by atoms with Gasteiger partial charge in [-0.1, -0.05) is 12.1 Å². The first-order valence-electron chi connectivity index (χ1n) is 7.37. The minimum Gasteiger partial charge on any atom is -0.314 e. The summed E-state index contributed by atoms with van der Waals surface area (Å²) in [6.45, 7) is 5.44. The van der Waals surface area contributed by atoms with Gasteiger partial charge < -0.3 is 16.0 Å². The molecule has 0 saturated heterocycles. The summed E-state index contributed by atoms with van der Waals surface area (Å²) >= 11 is 0. The van der Waals surface area contributed by atoms with Gasteiger partial charge in [-0.15, -0.1) is 0 Å². The maximum Gasteiger partial charge on any atom is 2.00 e. The minimum absolute atomic E-state index is 0. The van der Waals surface area contributed by atoms with Gasteiger partial charge in [-0.25, -0.2) is 0 Å². The number of hydrogen-bond acceptors (Lipinski definition) is 5. The molecule has 5 nitrogen and oxygen atoms in total. The third-order valence-corrected chi connectivity index (χ3v) is 3.02. The fraction of sp³-hybridized carbons (Fsp3) is 0.375. The predicted octanol–water partition coefficient (Wildman–Crippen LogP) is 0.943. The van der Waals surface area contributed by atoms with E-state index in [1.54, 1.807) is 0 Å². The number of rotatable bonds is 10. The first kappa shape index (κ1) is 18.7. The fourth-order valence-corrected chi connectivity index (χ4v) is 1.92. The van der Waals surface area contributed by atoms with Crippen molar-refractivity contribution in [1.82, 2.24) is 25.9 Å². The van der Waals surface area contributed by atoms with Crippen molar-refractivity contribution in [2.24, 2.45) is 0 Å². The predicted molar refractivity (Wildman–Crippen MR) is 84.8 cm³/mol. The van der Waals surface area contributed by atoms with Crippen LogP contribution >= 0.6 is 0 Å². The van der Waals surface area contributed by atoms with Gasteiger partial charge in [-0.3, -0.25) is 9.97 Å². The normalized spacial score (nSPS) is 10.2. The second-order valence-electron chi connectivity index (χ2n) is 4.75. The van der Waals surface area contributed by atoms with E-state index in [0.29, 0.717) is 0 Å². The van der Waals surface area contributed by atoms with Gasteiger partial charge in [0.25, 0.3) is 0 Å². The monoisotopic (exact) mass is 344 g/mol. The third-order valence-electron chi connectivity index (χ3n) is 3.02. The van der Waals surface area contributed by atoms with Gasteiger partial charge in [0.2, 0.25) is 0 Å². The first-order valence-corrected chi connectivity index (χ1v) is 7.37. The molecule has 2 rings (SSSR count). The Morgan fingerprint density at radius 2 is 1.09 bits per heavy atom. The topological polar surface area (TPSA) is 61.9 Å². The van der Waals surface area contributed by atoms with Crippen LogP contribution in [0.3, 0.4) is 0 Å². The van der Waals surface area contributed by atoms with Gasteiger partial charge in [0.05, 0.1) is 11.4 Å². The third kappa shape index (κ3) is 8.21. The van der Waals surface area contributed by atoms with Crippen molar-refractivity contribution in [3.05, 3.63) is 60.2 Å². The van der Waals surface area contributed by atoms with Crippen LogP contribution in [-0.2, 0) is 29.9 Å². The Balaban J connectivity index is 0.00000242. The molecule has 0 aliphatic heterocycles. The summed E-state index contributed by atoms with van der Waals surface area (Å²) in [4.78, 5) is 8.53. The molecule has 0 saturated carbocycles. The number of pyridine rings is 2. The van der Waals surface area contributed by atoms with Crippen molar-refractivity contribution in [1.29, 1.82) is 0 Å². The van der Waals surface area contributed by atoms with Gasteiger partial charge in [0.1, 0.15) is 0 Å². The molecule has 3 N–H and O–H groups in total. The Morgan fingerprint density at radius 1 is 0.636 bits per heavy atom. The summed E-state index contributed by atoms with van der Waals surface area (Å²) in [7, 11) is 0. The van der Waals surface area contributed by atoms with E-state index in [9.17, 15) is 0 Å². The summed E-state index contributed by atoms with van der Waals surface area (Å²) in [5.74, 6) is 0. The van der Waals surface area contributed by atoms with Crippen LogP contribution in [0.4, 0.5) is 0 Å². The van der Waals surface area contributed by atoms with Crippen LogP contribution in [0, 0.1) is 0 Å². The summed E-state index contributed by atoms with van der Waals surface area (Å²) in [6.07, 6.45) is 3.64. The summed E-state index contributed by atoms with van der Waals surface area (Å²) in [6, 6.07) is 11.9. The van der Waals surface area contributed by atoms with Gasteiger partial charge in [-0.2, -0.15) is 0 Å². The number of nitrogens with one attached hydrogen (secondary N) is 3. The quantitative estimate of drug-likeness (QED) is 0.560. The van der Waals surface area contributed by atoms with Gasteiger partial charge >= 0.3 is 16.8 Å². The number of hydrogen-bond donors (Lipinski definition) is 3. The Morgan fingerprint density at radius 3 is 1.50 bits per heavy atom. The van der Waals surface area contributed by atoms with Crippen LogP contribution in [-0.4, -0.2) is 36.1 Å². The Bertz CT molecular complexity index is 435. The van der Waals surface area contributed by atoms with Crippen molar-refractivity contribution in [2.45, 2.75) is 13.1 Å². The minimum atomic E-state index is 0. The van der Waals surface area contributed by atoms with E-state index in [-0.39, 0.29) is 16.8 Å². The van der Waals surface area contributed by atoms with E-state index >= 15 is 0 Å². The molecule has 119 valence electrons. The standard InChI is InChI=1S/C16H23N5.Co/c1-3-7-20-15(5-1)13-18-11-9-17-10-12-19-14-16-6-2-4-8-21-16;/h1-8,17-19H,9-14H2;/q;+2. The number of aromatic nitrogens is 2. The maximum atomic E-state index is 4.27. The molecule has 0 unspecified atom stereocenters. The summed E-state index contributed by atoms with van der Waals surface area (Å²) in [5, 5.41) is 10.1. The molecule has 0 aliphatic rings. The second kappa shape index (κ2) is 12.3. The van der Waals surface area contributed by atoms with Crippen molar-refractivity contribution < 1.29 is 16.8 Å². The average molecular weight is 344 g/mol. The van der Waals surface area contributed by atoms with Crippen LogP contribution in [0.2, 0.25) is 0 Å². The second-order valence-corrected chi connectivity index (χ2v) is 4.75. The zero-order valence-corrected chi connectivity index (χ0v) is 13.6. The molecule has 0 spiro atoms. The molecule has 2 aromatic heterocycles. The van der Waals surface area contributed by atoms with E-state index in [1.165, 1.54) is 0 Å². The molecule has 0 amide bonds. The van der Waals surface area contributed by atoms with E-state index < -0.39 is 0 Å². The molecule has 2 aromatic rings. The molecule has 0 bridgehead atoms. The number of nitrogens with zero attached hydrogens (tertiary/aromatic N) is 2. The SMILES string of the molecule is [Co+2].c1ccc(CNCCNCCNCc2ccccn2)nc1. The van der Waals surface area contributed by atoms with Crippen molar-refractivity contribution in [3.8, 4) is 0 Å².